The third kappa shape index (κ3) is 2.45. The van der Waals surface area contributed by atoms with Crippen LogP contribution >= 0.6 is 0 Å². The van der Waals surface area contributed by atoms with Crippen molar-refractivity contribution in [3.05, 3.63) is 30.0 Å². The quantitative estimate of drug-likeness (QED) is 0.485. The maximum Gasteiger partial charge on any atom is 0.291 e. The van der Waals surface area contributed by atoms with E-state index >= 15 is 0 Å². The van der Waals surface area contributed by atoms with E-state index in [9.17, 15) is 24.3 Å². The smallest absolute Gasteiger partial charge is 0.291 e. The van der Waals surface area contributed by atoms with Crippen LogP contribution < -0.4 is 14.8 Å². The van der Waals surface area contributed by atoms with Crippen LogP contribution in [-0.4, -0.2) is 74.8 Å². The highest BCUT2D eigenvalue weighted by Crippen LogP contribution is 2.72. The molecule has 3 amide bonds. The van der Waals surface area contributed by atoms with Gasteiger partial charge in [0.1, 0.15) is 11.1 Å². The first kappa shape index (κ1) is 24.6. The Kier molecular flexibility index (Phi) is 4.32. The molecule has 6 heterocycles. The second kappa shape index (κ2) is 6.83. The molecule has 6 aliphatic heterocycles. The number of Topliss-reactive ketones (excluding diaryl/α,β-unsaturated/α-hetero) is 1. The van der Waals surface area contributed by atoms with Gasteiger partial charge in [-0.25, -0.2) is 0 Å². The van der Waals surface area contributed by atoms with Crippen LogP contribution in [0.4, 0.5) is 5.69 Å². The summed E-state index contributed by atoms with van der Waals surface area (Å²) in [6.45, 7) is 9.50. The van der Waals surface area contributed by atoms with Crippen LogP contribution in [0.5, 0.6) is 11.5 Å². The van der Waals surface area contributed by atoms with Gasteiger partial charge in [-0.05, 0) is 55.7 Å². The largest absolute Gasteiger partial charge is 0.480 e. The second-order valence-corrected chi connectivity index (χ2v) is 13.3. The van der Waals surface area contributed by atoms with Crippen LogP contribution in [0.25, 0.3) is 0 Å². The van der Waals surface area contributed by atoms with Gasteiger partial charge in [0, 0.05) is 13.6 Å². The number of anilines is 1. The summed E-state index contributed by atoms with van der Waals surface area (Å²) in [4.78, 5) is 57.3. The summed E-state index contributed by atoms with van der Waals surface area (Å²) in [6, 6.07) is 3.72. The van der Waals surface area contributed by atoms with Gasteiger partial charge in [-0.1, -0.05) is 26.8 Å². The van der Waals surface area contributed by atoms with E-state index in [1.54, 1.807) is 24.3 Å². The van der Waals surface area contributed by atoms with Gasteiger partial charge in [-0.3, -0.25) is 19.2 Å². The summed E-state index contributed by atoms with van der Waals surface area (Å²) in [5.74, 6) is -2.28. The van der Waals surface area contributed by atoms with Crippen LogP contribution in [0.3, 0.4) is 0 Å². The van der Waals surface area contributed by atoms with Crippen molar-refractivity contribution in [2.24, 2.45) is 17.3 Å². The third-order valence-corrected chi connectivity index (χ3v) is 11.0. The number of benzene rings is 1. The summed E-state index contributed by atoms with van der Waals surface area (Å²) in [5, 5.41) is 14.5. The number of nitrogens with zero attached hydrogens (tertiary/aromatic N) is 2. The fourth-order valence-corrected chi connectivity index (χ4v) is 8.91. The van der Waals surface area contributed by atoms with E-state index in [-0.39, 0.29) is 37.1 Å². The lowest BCUT2D eigenvalue weighted by Crippen LogP contribution is -2.86. The molecule has 206 valence electrons. The van der Waals surface area contributed by atoms with Crippen molar-refractivity contribution >= 4 is 29.2 Å². The van der Waals surface area contributed by atoms with Gasteiger partial charge in [0.15, 0.2) is 11.5 Å². The van der Waals surface area contributed by atoms with Gasteiger partial charge in [0.2, 0.25) is 11.7 Å². The number of ether oxygens (including phenoxy) is 2. The number of hydrogen-bond acceptors (Lipinski definition) is 7. The molecule has 10 heteroatoms. The Morgan fingerprint density at radius 2 is 1.82 bits per heavy atom. The minimum Gasteiger partial charge on any atom is -0.480 e. The molecule has 0 unspecified atom stereocenters. The number of carbonyl (C=O) groups is 4. The number of aliphatic hydroxyl groups is 1. The van der Waals surface area contributed by atoms with E-state index in [0.29, 0.717) is 17.2 Å². The summed E-state index contributed by atoms with van der Waals surface area (Å²) in [6.07, 6.45) is 2.49. The van der Waals surface area contributed by atoms with E-state index < -0.39 is 51.2 Å². The predicted octanol–water partition coefficient (Wildman–Crippen LogP) is 1.75. The molecule has 4 saturated heterocycles. The summed E-state index contributed by atoms with van der Waals surface area (Å²) in [5.41, 5.74) is -3.49. The molecule has 0 radical (unpaired) electrons. The maximum absolute atomic E-state index is 14.2. The Labute approximate surface area is 226 Å². The molecule has 10 nitrogen and oxygen atoms in total. The van der Waals surface area contributed by atoms with Gasteiger partial charge in [0.25, 0.3) is 11.8 Å². The topological polar surface area (TPSA) is 125 Å². The Morgan fingerprint density at radius 3 is 2.54 bits per heavy atom. The van der Waals surface area contributed by atoms with Gasteiger partial charge < -0.3 is 29.7 Å². The molecule has 1 saturated carbocycles. The lowest BCUT2D eigenvalue weighted by atomic mass is 9.55. The summed E-state index contributed by atoms with van der Waals surface area (Å²) < 4.78 is 12.2. The van der Waals surface area contributed by atoms with Gasteiger partial charge >= 0.3 is 0 Å². The number of nitrogens with one attached hydrogen (secondary N) is 1. The zero-order valence-electron chi connectivity index (χ0n) is 23.0. The standard InChI is InChI=1S/C29H33N3O7/c1-14-19(33)22(35)32-13-27-12-28(26(4,5)17(27)11-29(32,21(14)34)24(37)31(27)6)15-7-8-16-20(18(15)30-23(28)36)38-10-9-25(2,3)39-16/h7-10,14,17,21,34H,11-13H2,1-6H3,(H,30,36)/t14-,17+,21-,27-,28-,29-/m1/s1. The number of piperazine rings is 1. The molecule has 5 fully saturated rings. The molecule has 2 bridgehead atoms. The fourth-order valence-electron chi connectivity index (χ4n) is 8.91. The van der Waals surface area contributed by atoms with Crippen molar-refractivity contribution in [1.29, 1.82) is 0 Å². The zero-order chi connectivity index (χ0) is 28.1. The molecule has 1 aromatic carbocycles. The van der Waals surface area contributed by atoms with Crippen LogP contribution in [0, 0.1) is 17.3 Å². The van der Waals surface area contributed by atoms with Crippen LogP contribution in [0.1, 0.15) is 53.0 Å². The SMILES string of the molecule is C[C@@H]1C(=O)C(=O)N2C[C@]34C[C@@]5(C(=O)Nc6c5ccc5c6OC=CC(C)(C)O5)C(C)(C)[C@@H]3C[C@]2(C(=O)N4C)[C@@H]1O. The summed E-state index contributed by atoms with van der Waals surface area (Å²) in [7, 11) is 1.70. The number of aliphatic hydroxyl groups excluding tert-OH is 1. The normalized spacial score (nSPS) is 40.4. The molecule has 3 spiro atoms. The van der Waals surface area contributed by atoms with Gasteiger partial charge in [-0.15, -0.1) is 0 Å². The number of amides is 3. The molecular weight excluding hydrogens is 502 g/mol. The van der Waals surface area contributed by atoms with Crippen molar-refractivity contribution in [1.82, 2.24) is 9.80 Å². The Hall–Kier alpha value is -3.40. The van der Waals surface area contributed by atoms with E-state index in [0.717, 1.165) is 5.56 Å². The van der Waals surface area contributed by atoms with Crippen molar-refractivity contribution in [2.45, 2.75) is 75.7 Å². The monoisotopic (exact) mass is 535 g/mol. The molecule has 1 aromatic rings. The number of carbonyl (C=O) groups excluding carboxylic acids is 4. The summed E-state index contributed by atoms with van der Waals surface area (Å²) >= 11 is 0. The molecule has 7 aliphatic rings. The van der Waals surface area contributed by atoms with Crippen molar-refractivity contribution < 1.29 is 33.8 Å². The molecule has 1 aliphatic carbocycles. The molecule has 0 aromatic heterocycles. The number of hydrogen-bond donors (Lipinski definition) is 2. The number of fused-ring (bicyclic) bond motifs is 5. The minimum absolute atomic E-state index is 0.0868. The van der Waals surface area contributed by atoms with E-state index in [1.807, 2.05) is 39.8 Å². The molecule has 39 heavy (non-hydrogen) atoms. The predicted molar refractivity (Wildman–Crippen MR) is 138 cm³/mol. The Bertz CT molecular complexity index is 1450. The molecule has 6 atom stereocenters. The first-order valence-corrected chi connectivity index (χ1v) is 13.5. The zero-order valence-corrected chi connectivity index (χ0v) is 23.0. The number of ketones is 1. The highest BCUT2D eigenvalue weighted by molar-refractivity contribution is 6.38. The van der Waals surface area contributed by atoms with E-state index in [1.165, 1.54) is 11.8 Å². The average Bonchev–Trinajstić information content (AvgIpc) is 3.20. The lowest BCUT2D eigenvalue weighted by molar-refractivity contribution is -0.220. The van der Waals surface area contributed by atoms with Gasteiger partial charge in [0.05, 0.1) is 34.9 Å². The Morgan fingerprint density at radius 1 is 1.10 bits per heavy atom. The van der Waals surface area contributed by atoms with E-state index in [4.69, 9.17) is 9.47 Å². The van der Waals surface area contributed by atoms with E-state index in [2.05, 4.69) is 5.32 Å². The number of piperidine rings is 3. The maximum atomic E-state index is 14.2. The first-order valence-electron chi connectivity index (χ1n) is 13.5. The molecule has 8 rings (SSSR count). The average molecular weight is 536 g/mol. The molecular formula is C29H33N3O7. The highest BCUT2D eigenvalue weighted by atomic mass is 16.5. The van der Waals surface area contributed by atoms with Crippen molar-refractivity contribution in [3.63, 3.8) is 0 Å². The fraction of sp³-hybridized carbons (Fsp3) is 0.586. The second-order valence-electron chi connectivity index (χ2n) is 13.3. The lowest BCUT2D eigenvalue weighted by Gasteiger charge is -2.67. The van der Waals surface area contributed by atoms with Crippen LogP contribution in [-0.2, 0) is 24.6 Å². The molecule has 2 N–H and O–H groups in total. The Balaban J connectivity index is 1.42. The number of likely N-dealkylation sites (N-methyl/N-ethyl adjacent to an activating group) is 1. The van der Waals surface area contributed by atoms with Crippen LogP contribution in [0.15, 0.2) is 24.5 Å². The minimum atomic E-state index is -1.53. The van der Waals surface area contributed by atoms with Gasteiger partial charge in [-0.2, -0.15) is 0 Å². The van der Waals surface area contributed by atoms with Crippen molar-refractivity contribution in [2.75, 3.05) is 18.9 Å². The van der Waals surface area contributed by atoms with Crippen molar-refractivity contribution in [3.8, 4) is 11.5 Å². The third-order valence-electron chi connectivity index (χ3n) is 11.0. The van der Waals surface area contributed by atoms with Crippen LogP contribution in [0.2, 0.25) is 0 Å². The highest BCUT2D eigenvalue weighted by Gasteiger charge is 2.81. The first-order chi connectivity index (χ1) is 18.2. The number of rotatable bonds is 0.